The van der Waals surface area contributed by atoms with Crippen molar-refractivity contribution in [3.05, 3.63) is 12.3 Å². The average Bonchev–Trinajstić information content (AvgIpc) is 3.26. The number of nitrogens with zero attached hydrogens (tertiary/aromatic N) is 1. The highest BCUT2D eigenvalue weighted by molar-refractivity contribution is 5.85. The Morgan fingerprint density at radius 1 is 1.22 bits per heavy atom. The van der Waals surface area contributed by atoms with Gasteiger partial charge in [0, 0.05) is 26.2 Å². The molecule has 1 aliphatic rings. The second kappa shape index (κ2) is 8.91. The molecule has 0 aromatic carbocycles. The average molecular weight is 325 g/mol. The summed E-state index contributed by atoms with van der Waals surface area (Å²) in [5.74, 6) is 0.966. The van der Waals surface area contributed by atoms with Crippen LogP contribution in [0.3, 0.4) is 0 Å². The monoisotopic (exact) mass is 325 g/mol. The van der Waals surface area contributed by atoms with Gasteiger partial charge in [-0.2, -0.15) is 0 Å². The standard InChI is InChI=1S/C17H31N3O3/c1-13(2)17(6-7-17)16(22)19-9-11-20(5)10-8-18-15(21)12-23-14(3)4/h13H,3,6-12H2,1-2,4-5H3,(H,18,21)(H,19,22). The minimum atomic E-state index is -0.151. The lowest BCUT2D eigenvalue weighted by Crippen LogP contribution is -2.41. The fourth-order valence-corrected chi connectivity index (χ4v) is 2.48. The minimum Gasteiger partial charge on any atom is -0.489 e. The van der Waals surface area contributed by atoms with Crippen molar-refractivity contribution in [2.75, 3.05) is 39.8 Å². The first-order chi connectivity index (χ1) is 10.8. The predicted molar refractivity (Wildman–Crippen MR) is 90.8 cm³/mol. The van der Waals surface area contributed by atoms with Gasteiger partial charge >= 0.3 is 0 Å². The molecule has 1 aliphatic carbocycles. The lowest BCUT2D eigenvalue weighted by atomic mass is 9.91. The molecule has 6 heteroatoms. The van der Waals surface area contributed by atoms with Gasteiger partial charge in [-0.3, -0.25) is 9.59 Å². The van der Waals surface area contributed by atoms with Crippen LogP contribution in [0.5, 0.6) is 0 Å². The van der Waals surface area contributed by atoms with Crippen molar-refractivity contribution in [2.24, 2.45) is 11.3 Å². The summed E-state index contributed by atoms with van der Waals surface area (Å²) in [6.45, 7) is 12.2. The zero-order valence-corrected chi connectivity index (χ0v) is 14.9. The molecule has 0 unspecified atom stereocenters. The Morgan fingerprint density at radius 3 is 2.26 bits per heavy atom. The maximum Gasteiger partial charge on any atom is 0.257 e. The van der Waals surface area contributed by atoms with E-state index in [2.05, 4.69) is 36.0 Å². The molecule has 0 aliphatic heterocycles. The molecule has 0 saturated heterocycles. The van der Waals surface area contributed by atoms with Crippen LogP contribution in [0.4, 0.5) is 0 Å². The van der Waals surface area contributed by atoms with Gasteiger partial charge in [-0.15, -0.1) is 0 Å². The lowest BCUT2D eigenvalue weighted by molar-refractivity contribution is -0.128. The molecular weight excluding hydrogens is 294 g/mol. The van der Waals surface area contributed by atoms with E-state index in [1.54, 1.807) is 6.92 Å². The molecule has 23 heavy (non-hydrogen) atoms. The third-order valence-corrected chi connectivity index (χ3v) is 4.39. The molecule has 132 valence electrons. The summed E-state index contributed by atoms with van der Waals surface area (Å²) < 4.78 is 5.04. The van der Waals surface area contributed by atoms with Gasteiger partial charge in [0.2, 0.25) is 5.91 Å². The number of amides is 2. The van der Waals surface area contributed by atoms with E-state index in [-0.39, 0.29) is 23.8 Å². The van der Waals surface area contributed by atoms with Gasteiger partial charge in [-0.25, -0.2) is 0 Å². The molecule has 0 spiro atoms. The van der Waals surface area contributed by atoms with Crippen LogP contribution in [0, 0.1) is 11.3 Å². The minimum absolute atomic E-state index is 0.00634. The van der Waals surface area contributed by atoms with E-state index in [9.17, 15) is 9.59 Å². The normalized spacial score (nSPS) is 15.4. The fraction of sp³-hybridized carbons (Fsp3) is 0.765. The third-order valence-electron chi connectivity index (χ3n) is 4.39. The van der Waals surface area contributed by atoms with Crippen LogP contribution < -0.4 is 10.6 Å². The molecule has 1 rings (SSSR count). The highest BCUT2D eigenvalue weighted by Gasteiger charge is 2.51. The number of hydrogen-bond donors (Lipinski definition) is 2. The van der Waals surface area contributed by atoms with E-state index in [0.717, 1.165) is 25.9 Å². The predicted octanol–water partition coefficient (Wildman–Crippen LogP) is 1.14. The number of carbonyl (C=O) groups is 2. The summed E-state index contributed by atoms with van der Waals surface area (Å²) >= 11 is 0. The lowest BCUT2D eigenvalue weighted by Gasteiger charge is -2.21. The van der Waals surface area contributed by atoms with Crippen LogP contribution in [-0.4, -0.2) is 56.5 Å². The number of nitrogens with one attached hydrogen (secondary N) is 2. The van der Waals surface area contributed by atoms with Crippen molar-refractivity contribution >= 4 is 11.8 Å². The van der Waals surface area contributed by atoms with Gasteiger partial charge in [0.25, 0.3) is 5.91 Å². The Hall–Kier alpha value is -1.56. The Bertz CT molecular complexity index is 431. The summed E-state index contributed by atoms with van der Waals surface area (Å²) in [5.41, 5.74) is -0.115. The highest BCUT2D eigenvalue weighted by Crippen LogP contribution is 2.51. The fourth-order valence-electron chi connectivity index (χ4n) is 2.48. The second-order valence-electron chi connectivity index (χ2n) is 6.71. The van der Waals surface area contributed by atoms with Crippen molar-refractivity contribution in [2.45, 2.75) is 33.6 Å². The maximum absolute atomic E-state index is 12.2. The summed E-state index contributed by atoms with van der Waals surface area (Å²) in [6.07, 6.45) is 2.01. The quantitative estimate of drug-likeness (QED) is 0.559. The van der Waals surface area contributed by atoms with E-state index < -0.39 is 0 Å². The van der Waals surface area contributed by atoms with Crippen LogP contribution in [0.25, 0.3) is 0 Å². The molecule has 1 fully saturated rings. The topological polar surface area (TPSA) is 70.7 Å². The number of likely N-dealkylation sites (N-methyl/N-ethyl adjacent to an activating group) is 1. The van der Waals surface area contributed by atoms with Crippen molar-refractivity contribution in [1.29, 1.82) is 0 Å². The molecule has 2 amide bonds. The number of rotatable bonds is 11. The molecular formula is C17H31N3O3. The van der Waals surface area contributed by atoms with E-state index in [1.165, 1.54) is 0 Å². The van der Waals surface area contributed by atoms with Crippen LogP contribution in [0.2, 0.25) is 0 Å². The van der Waals surface area contributed by atoms with E-state index in [0.29, 0.717) is 24.8 Å². The molecule has 2 N–H and O–H groups in total. The molecule has 0 bridgehead atoms. The van der Waals surface area contributed by atoms with Crippen LogP contribution in [-0.2, 0) is 14.3 Å². The molecule has 0 heterocycles. The zero-order chi connectivity index (χ0) is 17.5. The summed E-state index contributed by atoms with van der Waals surface area (Å²) in [6, 6.07) is 0. The molecule has 0 radical (unpaired) electrons. The van der Waals surface area contributed by atoms with Crippen molar-refractivity contribution < 1.29 is 14.3 Å². The summed E-state index contributed by atoms with van der Waals surface area (Å²) in [5, 5.41) is 5.82. The number of allylic oxidation sites excluding steroid dienone is 1. The van der Waals surface area contributed by atoms with Gasteiger partial charge in [-0.05, 0) is 32.7 Å². The van der Waals surface area contributed by atoms with Crippen molar-refractivity contribution in [1.82, 2.24) is 15.5 Å². The molecule has 1 saturated carbocycles. The summed E-state index contributed by atoms with van der Waals surface area (Å²) in [4.78, 5) is 25.7. The first kappa shape index (κ1) is 19.5. The van der Waals surface area contributed by atoms with Crippen LogP contribution in [0.15, 0.2) is 12.3 Å². The second-order valence-corrected chi connectivity index (χ2v) is 6.71. The number of hydrogen-bond acceptors (Lipinski definition) is 4. The summed E-state index contributed by atoms with van der Waals surface area (Å²) in [7, 11) is 1.97. The van der Waals surface area contributed by atoms with Gasteiger partial charge in [-0.1, -0.05) is 20.4 Å². The SMILES string of the molecule is C=C(C)OCC(=O)NCCN(C)CCNC(=O)C1(C(C)C)CC1. The van der Waals surface area contributed by atoms with Crippen molar-refractivity contribution in [3.8, 4) is 0 Å². The smallest absolute Gasteiger partial charge is 0.257 e. The van der Waals surface area contributed by atoms with E-state index in [4.69, 9.17) is 4.74 Å². The van der Waals surface area contributed by atoms with Gasteiger partial charge in [0.1, 0.15) is 0 Å². The maximum atomic E-state index is 12.2. The van der Waals surface area contributed by atoms with Crippen LogP contribution in [0.1, 0.15) is 33.6 Å². The van der Waals surface area contributed by atoms with E-state index in [1.807, 2.05) is 7.05 Å². The van der Waals surface area contributed by atoms with Gasteiger partial charge in [0.15, 0.2) is 6.61 Å². The Kier molecular flexibility index (Phi) is 7.55. The number of carbonyl (C=O) groups excluding carboxylic acids is 2. The zero-order valence-electron chi connectivity index (χ0n) is 14.9. The van der Waals surface area contributed by atoms with Crippen LogP contribution >= 0.6 is 0 Å². The first-order valence-corrected chi connectivity index (χ1v) is 8.30. The van der Waals surface area contributed by atoms with E-state index >= 15 is 0 Å². The molecule has 0 aromatic heterocycles. The van der Waals surface area contributed by atoms with Crippen molar-refractivity contribution in [3.63, 3.8) is 0 Å². The Balaban J connectivity index is 2.08. The Morgan fingerprint density at radius 2 is 1.78 bits per heavy atom. The molecule has 0 aromatic rings. The highest BCUT2D eigenvalue weighted by atomic mass is 16.5. The third kappa shape index (κ3) is 6.60. The molecule has 6 nitrogen and oxygen atoms in total. The van der Waals surface area contributed by atoms with Gasteiger partial charge < -0.3 is 20.3 Å². The largest absolute Gasteiger partial charge is 0.489 e. The first-order valence-electron chi connectivity index (χ1n) is 8.30. The number of ether oxygens (including phenoxy) is 1. The van der Waals surface area contributed by atoms with Gasteiger partial charge in [0.05, 0.1) is 11.2 Å². The Labute approximate surface area is 139 Å². The molecule has 0 atom stereocenters.